The van der Waals surface area contributed by atoms with Crippen molar-refractivity contribution in [2.24, 2.45) is 0 Å². The predicted octanol–water partition coefficient (Wildman–Crippen LogP) is 3.33. The molecule has 1 aliphatic rings. The number of rotatable bonds is 4. The van der Waals surface area contributed by atoms with E-state index in [1.807, 2.05) is 32.3 Å². The van der Waals surface area contributed by atoms with Gasteiger partial charge in [-0.15, -0.1) is 0 Å². The number of fused-ring (bicyclic) bond motifs is 1. The normalized spacial score (nSPS) is 13.5. The Bertz CT molecular complexity index is 702. The summed E-state index contributed by atoms with van der Waals surface area (Å²) in [7, 11) is 4.03. The van der Waals surface area contributed by atoms with E-state index < -0.39 is 0 Å². The Morgan fingerprint density at radius 3 is 2.50 bits per heavy atom. The van der Waals surface area contributed by atoms with Gasteiger partial charge in [0.1, 0.15) is 0 Å². The summed E-state index contributed by atoms with van der Waals surface area (Å²) in [5, 5.41) is 9.50. The Morgan fingerprint density at radius 1 is 1.09 bits per heavy atom. The van der Waals surface area contributed by atoms with Crippen LogP contribution in [0.3, 0.4) is 0 Å². The summed E-state index contributed by atoms with van der Waals surface area (Å²) in [6.07, 6.45) is 0.684. The van der Waals surface area contributed by atoms with Crippen LogP contribution in [0.1, 0.15) is 17.0 Å². The van der Waals surface area contributed by atoms with Crippen molar-refractivity contribution in [1.29, 1.82) is 5.26 Å². The van der Waals surface area contributed by atoms with Gasteiger partial charge in [0.25, 0.3) is 0 Å². The highest BCUT2D eigenvalue weighted by molar-refractivity contribution is 5.48. The molecule has 1 unspecified atom stereocenters. The third kappa shape index (κ3) is 2.84. The molecule has 0 bridgehead atoms. The quantitative estimate of drug-likeness (QED) is 0.867. The maximum absolute atomic E-state index is 9.50. The van der Waals surface area contributed by atoms with E-state index in [9.17, 15) is 5.26 Å². The molecule has 0 saturated carbocycles. The first-order chi connectivity index (χ1) is 10.7. The lowest BCUT2D eigenvalue weighted by atomic mass is 9.93. The van der Waals surface area contributed by atoms with Crippen LogP contribution >= 0.6 is 0 Å². The van der Waals surface area contributed by atoms with Crippen LogP contribution in [0.15, 0.2) is 42.5 Å². The summed E-state index contributed by atoms with van der Waals surface area (Å²) in [5.41, 5.74) is 3.26. The molecule has 1 atom stereocenters. The largest absolute Gasteiger partial charge is 0.454 e. The van der Waals surface area contributed by atoms with Gasteiger partial charge in [0.2, 0.25) is 6.79 Å². The maximum atomic E-state index is 9.50. The van der Waals surface area contributed by atoms with Crippen molar-refractivity contribution in [2.45, 2.75) is 12.3 Å². The van der Waals surface area contributed by atoms with Gasteiger partial charge in [-0.05, 0) is 41.8 Å². The molecule has 0 saturated heterocycles. The zero-order valence-corrected chi connectivity index (χ0v) is 12.7. The predicted molar refractivity (Wildman–Crippen MR) is 85.4 cm³/mol. The minimum atomic E-state index is -0.195. The van der Waals surface area contributed by atoms with Crippen LogP contribution < -0.4 is 14.4 Å². The smallest absolute Gasteiger partial charge is 0.231 e. The van der Waals surface area contributed by atoms with E-state index in [4.69, 9.17) is 9.47 Å². The summed E-state index contributed by atoms with van der Waals surface area (Å²) in [4.78, 5) is 2.06. The fraction of sp³-hybridized carbons (Fsp3) is 0.278. The zero-order chi connectivity index (χ0) is 15.5. The molecule has 2 aromatic rings. The molecular weight excluding hydrogens is 276 g/mol. The van der Waals surface area contributed by atoms with Gasteiger partial charge in [-0.3, -0.25) is 0 Å². The molecule has 3 rings (SSSR count). The molecule has 4 nitrogen and oxygen atoms in total. The van der Waals surface area contributed by atoms with E-state index in [0.717, 1.165) is 28.3 Å². The van der Waals surface area contributed by atoms with E-state index in [-0.39, 0.29) is 12.7 Å². The summed E-state index contributed by atoms with van der Waals surface area (Å²) in [6.45, 7) is 0.252. The molecule has 112 valence electrons. The monoisotopic (exact) mass is 294 g/mol. The van der Waals surface area contributed by atoms with E-state index in [0.29, 0.717) is 6.42 Å². The molecule has 0 aromatic heterocycles. The standard InChI is InChI=1S/C18H18N2O2/c1-20(2)16-6-3-13(4-7-16)9-15(11-19)14-5-8-17-18(10-14)22-12-21-17/h3-8,10,15H,9,12H2,1-2H3. The second kappa shape index (κ2) is 5.98. The number of hydrogen-bond donors (Lipinski definition) is 0. The van der Waals surface area contributed by atoms with Gasteiger partial charge in [0.15, 0.2) is 11.5 Å². The summed E-state index contributed by atoms with van der Waals surface area (Å²) >= 11 is 0. The van der Waals surface area contributed by atoms with Crippen LogP contribution in [0.4, 0.5) is 5.69 Å². The molecule has 2 aromatic carbocycles. The Hall–Kier alpha value is -2.67. The maximum Gasteiger partial charge on any atom is 0.231 e. The molecular formula is C18H18N2O2. The Balaban J connectivity index is 1.78. The molecule has 0 aliphatic carbocycles. The lowest BCUT2D eigenvalue weighted by Gasteiger charge is -2.14. The van der Waals surface area contributed by atoms with Crippen LogP contribution in [0.5, 0.6) is 11.5 Å². The molecule has 0 fully saturated rings. The molecule has 1 heterocycles. The minimum absolute atomic E-state index is 0.195. The number of ether oxygens (including phenoxy) is 2. The highest BCUT2D eigenvalue weighted by atomic mass is 16.7. The summed E-state index contributed by atoms with van der Waals surface area (Å²) in [5.74, 6) is 1.27. The van der Waals surface area contributed by atoms with Gasteiger partial charge in [-0.1, -0.05) is 18.2 Å². The van der Waals surface area contributed by atoms with Gasteiger partial charge < -0.3 is 14.4 Å². The second-order valence-corrected chi connectivity index (χ2v) is 5.56. The minimum Gasteiger partial charge on any atom is -0.454 e. The van der Waals surface area contributed by atoms with E-state index in [1.54, 1.807) is 0 Å². The molecule has 0 amide bonds. The Labute approximate surface area is 130 Å². The van der Waals surface area contributed by atoms with Crippen molar-refractivity contribution in [2.75, 3.05) is 25.8 Å². The lowest BCUT2D eigenvalue weighted by molar-refractivity contribution is 0.174. The first-order valence-corrected chi connectivity index (χ1v) is 7.23. The number of nitrogens with zero attached hydrogens (tertiary/aromatic N) is 2. The summed E-state index contributed by atoms with van der Waals surface area (Å²) < 4.78 is 10.7. The first kappa shape index (κ1) is 14.3. The van der Waals surface area contributed by atoms with Crippen molar-refractivity contribution in [3.63, 3.8) is 0 Å². The molecule has 0 radical (unpaired) electrons. The van der Waals surface area contributed by atoms with Crippen LogP contribution in [-0.2, 0) is 6.42 Å². The van der Waals surface area contributed by atoms with Crippen LogP contribution in [-0.4, -0.2) is 20.9 Å². The van der Waals surface area contributed by atoms with Crippen molar-refractivity contribution in [1.82, 2.24) is 0 Å². The van der Waals surface area contributed by atoms with Gasteiger partial charge in [0.05, 0.1) is 12.0 Å². The van der Waals surface area contributed by atoms with Crippen LogP contribution in [0.2, 0.25) is 0 Å². The van der Waals surface area contributed by atoms with Crippen molar-refractivity contribution >= 4 is 5.69 Å². The Kier molecular flexibility index (Phi) is 3.88. The molecule has 22 heavy (non-hydrogen) atoms. The molecule has 0 spiro atoms. The number of anilines is 1. The Morgan fingerprint density at radius 2 is 1.82 bits per heavy atom. The highest BCUT2D eigenvalue weighted by Gasteiger charge is 2.18. The van der Waals surface area contributed by atoms with Crippen molar-refractivity contribution in [3.05, 3.63) is 53.6 Å². The topological polar surface area (TPSA) is 45.5 Å². The molecule has 1 aliphatic heterocycles. The summed E-state index contributed by atoms with van der Waals surface area (Å²) in [6, 6.07) is 16.4. The number of hydrogen-bond acceptors (Lipinski definition) is 4. The van der Waals surface area contributed by atoms with Gasteiger partial charge >= 0.3 is 0 Å². The number of nitriles is 1. The third-order valence-corrected chi connectivity index (χ3v) is 3.85. The number of benzene rings is 2. The van der Waals surface area contributed by atoms with Crippen LogP contribution in [0, 0.1) is 11.3 Å². The lowest BCUT2D eigenvalue weighted by Crippen LogP contribution is -2.08. The average Bonchev–Trinajstić information content (AvgIpc) is 3.00. The fourth-order valence-corrected chi connectivity index (χ4v) is 2.53. The van der Waals surface area contributed by atoms with Gasteiger partial charge in [-0.25, -0.2) is 0 Å². The van der Waals surface area contributed by atoms with E-state index >= 15 is 0 Å². The van der Waals surface area contributed by atoms with Crippen LogP contribution in [0.25, 0.3) is 0 Å². The van der Waals surface area contributed by atoms with E-state index in [2.05, 4.69) is 35.2 Å². The zero-order valence-electron chi connectivity index (χ0n) is 12.7. The van der Waals surface area contributed by atoms with Crippen molar-refractivity contribution < 1.29 is 9.47 Å². The molecule has 4 heteroatoms. The van der Waals surface area contributed by atoms with Crippen molar-refractivity contribution in [3.8, 4) is 17.6 Å². The van der Waals surface area contributed by atoms with E-state index in [1.165, 1.54) is 0 Å². The average molecular weight is 294 g/mol. The SMILES string of the molecule is CN(C)c1ccc(CC(C#N)c2ccc3c(c2)OCO3)cc1. The van der Waals surface area contributed by atoms with Gasteiger partial charge in [-0.2, -0.15) is 5.26 Å². The van der Waals surface area contributed by atoms with Gasteiger partial charge in [0, 0.05) is 19.8 Å². The molecule has 0 N–H and O–H groups in total. The fourth-order valence-electron chi connectivity index (χ4n) is 2.53. The highest BCUT2D eigenvalue weighted by Crippen LogP contribution is 2.35. The first-order valence-electron chi connectivity index (χ1n) is 7.23. The second-order valence-electron chi connectivity index (χ2n) is 5.56. The third-order valence-electron chi connectivity index (χ3n) is 3.85.